The Kier molecular flexibility index (Phi) is 3.65. The summed E-state index contributed by atoms with van der Waals surface area (Å²) in [6.45, 7) is 2.46. The van der Waals surface area contributed by atoms with Crippen molar-refractivity contribution in [3.63, 3.8) is 0 Å². The second-order valence-electron chi connectivity index (χ2n) is 5.41. The number of aliphatic hydroxyl groups is 1. The predicted molar refractivity (Wildman–Crippen MR) is 81.4 cm³/mol. The molecule has 0 bridgehead atoms. The van der Waals surface area contributed by atoms with Gasteiger partial charge in [0.2, 0.25) is 0 Å². The van der Waals surface area contributed by atoms with Gasteiger partial charge in [0.05, 0.1) is 6.10 Å². The zero-order valence-corrected chi connectivity index (χ0v) is 12.6. The molecule has 1 aliphatic rings. The number of fused-ring (bicyclic) bond motifs is 3. The Hall–Kier alpha value is -0.840. The number of aliphatic hydroxyl groups excluding tert-OH is 1. The van der Waals surface area contributed by atoms with E-state index in [9.17, 15) is 5.11 Å². The number of benzene rings is 1. The average molecular weight is 323 g/mol. The van der Waals surface area contributed by atoms with Gasteiger partial charge in [0.25, 0.3) is 0 Å². The molecule has 1 aromatic carbocycles. The molecule has 0 aliphatic heterocycles. The van der Waals surface area contributed by atoms with Crippen molar-refractivity contribution in [2.75, 3.05) is 6.54 Å². The number of hydrogen-bond donors (Lipinski definition) is 3. The van der Waals surface area contributed by atoms with Gasteiger partial charge in [-0.3, -0.25) is 0 Å². The molecule has 2 atom stereocenters. The van der Waals surface area contributed by atoms with Crippen molar-refractivity contribution in [1.82, 2.24) is 10.3 Å². The van der Waals surface area contributed by atoms with Crippen LogP contribution in [0.5, 0.6) is 0 Å². The molecule has 102 valence electrons. The van der Waals surface area contributed by atoms with E-state index in [2.05, 4.69) is 44.4 Å². The third kappa shape index (κ3) is 2.57. The number of rotatable bonds is 3. The number of nitrogens with one attached hydrogen (secondary N) is 2. The van der Waals surface area contributed by atoms with E-state index >= 15 is 0 Å². The SMILES string of the molecule is CC(O)CNC1CCCc2c1[nH]c1ccc(Br)cc21. The van der Waals surface area contributed by atoms with Gasteiger partial charge in [-0.2, -0.15) is 0 Å². The van der Waals surface area contributed by atoms with Gasteiger partial charge in [-0.05, 0) is 49.9 Å². The Balaban J connectivity index is 1.98. The van der Waals surface area contributed by atoms with Gasteiger partial charge >= 0.3 is 0 Å². The van der Waals surface area contributed by atoms with Gasteiger partial charge in [-0.25, -0.2) is 0 Å². The maximum absolute atomic E-state index is 9.43. The van der Waals surface area contributed by atoms with E-state index in [4.69, 9.17) is 0 Å². The van der Waals surface area contributed by atoms with Crippen molar-refractivity contribution >= 4 is 26.8 Å². The minimum Gasteiger partial charge on any atom is -0.392 e. The standard InChI is InChI=1S/C15H19BrN2O/c1-9(19)8-17-14-4-2-3-11-12-7-10(16)5-6-13(12)18-15(11)14/h5-7,9,14,17-19H,2-4,8H2,1H3. The quantitative estimate of drug-likeness (QED) is 0.812. The molecule has 0 fully saturated rings. The summed E-state index contributed by atoms with van der Waals surface area (Å²) >= 11 is 3.55. The first kappa shape index (κ1) is 13.2. The first-order valence-electron chi connectivity index (χ1n) is 6.86. The molecule has 0 saturated heterocycles. The molecule has 0 radical (unpaired) electrons. The van der Waals surface area contributed by atoms with E-state index in [1.54, 1.807) is 0 Å². The van der Waals surface area contributed by atoms with Crippen LogP contribution in [0.25, 0.3) is 10.9 Å². The molecule has 0 spiro atoms. The van der Waals surface area contributed by atoms with Crippen LogP contribution in [-0.2, 0) is 6.42 Å². The molecule has 1 aliphatic carbocycles. The monoisotopic (exact) mass is 322 g/mol. The van der Waals surface area contributed by atoms with Gasteiger partial charge in [0, 0.05) is 33.7 Å². The molecule has 0 amide bonds. The minimum atomic E-state index is -0.302. The van der Waals surface area contributed by atoms with Gasteiger partial charge < -0.3 is 15.4 Å². The van der Waals surface area contributed by atoms with E-state index in [1.165, 1.54) is 28.6 Å². The summed E-state index contributed by atoms with van der Waals surface area (Å²) in [7, 11) is 0. The van der Waals surface area contributed by atoms with Crippen molar-refractivity contribution in [3.05, 3.63) is 33.9 Å². The lowest BCUT2D eigenvalue weighted by Crippen LogP contribution is -2.31. The molecule has 19 heavy (non-hydrogen) atoms. The van der Waals surface area contributed by atoms with Crippen molar-refractivity contribution in [2.24, 2.45) is 0 Å². The zero-order valence-electron chi connectivity index (χ0n) is 11.0. The normalized spacial score (nSPS) is 20.5. The Morgan fingerprint density at radius 3 is 3.16 bits per heavy atom. The van der Waals surface area contributed by atoms with Crippen molar-refractivity contribution in [3.8, 4) is 0 Å². The van der Waals surface area contributed by atoms with Gasteiger partial charge in [-0.15, -0.1) is 0 Å². The van der Waals surface area contributed by atoms with Gasteiger partial charge in [0.15, 0.2) is 0 Å². The van der Waals surface area contributed by atoms with Crippen LogP contribution in [0.4, 0.5) is 0 Å². The van der Waals surface area contributed by atoms with E-state index < -0.39 is 0 Å². The number of halogens is 1. The van der Waals surface area contributed by atoms with E-state index in [-0.39, 0.29) is 6.10 Å². The molecule has 0 saturated carbocycles. The molecule has 1 aromatic heterocycles. The summed E-state index contributed by atoms with van der Waals surface area (Å²) < 4.78 is 1.13. The third-order valence-electron chi connectivity index (χ3n) is 3.83. The van der Waals surface area contributed by atoms with Gasteiger partial charge in [-0.1, -0.05) is 15.9 Å². The fraction of sp³-hybridized carbons (Fsp3) is 0.467. The van der Waals surface area contributed by atoms with Crippen LogP contribution >= 0.6 is 15.9 Å². The molecule has 1 heterocycles. The Morgan fingerprint density at radius 2 is 2.37 bits per heavy atom. The smallest absolute Gasteiger partial charge is 0.0636 e. The second-order valence-corrected chi connectivity index (χ2v) is 6.32. The molecule has 2 unspecified atom stereocenters. The van der Waals surface area contributed by atoms with Crippen molar-refractivity contribution < 1.29 is 5.11 Å². The topological polar surface area (TPSA) is 48.0 Å². The Labute approximate surface area is 121 Å². The predicted octanol–water partition coefficient (Wildman–Crippen LogP) is 3.28. The highest BCUT2D eigenvalue weighted by molar-refractivity contribution is 9.10. The summed E-state index contributed by atoms with van der Waals surface area (Å²) in [6, 6.07) is 6.73. The number of aromatic nitrogens is 1. The first-order chi connectivity index (χ1) is 9.15. The maximum atomic E-state index is 9.43. The molecular formula is C15H19BrN2O. The lowest BCUT2D eigenvalue weighted by Gasteiger charge is -2.24. The fourth-order valence-corrected chi connectivity index (χ4v) is 3.31. The lowest BCUT2D eigenvalue weighted by molar-refractivity contribution is 0.184. The number of hydrogen-bond acceptors (Lipinski definition) is 2. The second kappa shape index (κ2) is 5.27. The lowest BCUT2D eigenvalue weighted by atomic mass is 9.91. The van der Waals surface area contributed by atoms with Crippen LogP contribution < -0.4 is 5.32 Å². The Bertz CT molecular complexity index is 591. The van der Waals surface area contributed by atoms with Crippen LogP contribution in [0, 0.1) is 0 Å². The van der Waals surface area contributed by atoms with E-state index in [0.717, 1.165) is 17.3 Å². The van der Waals surface area contributed by atoms with Crippen molar-refractivity contribution in [2.45, 2.75) is 38.3 Å². The molecule has 4 heteroatoms. The summed E-state index contributed by atoms with van der Waals surface area (Å²) in [5, 5.41) is 14.2. The highest BCUT2D eigenvalue weighted by Gasteiger charge is 2.24. The van der Waals surface area contributed by atoms with Crippen molar-refractivity contribution in [1.29, 1.82) is 0 Å². The zero-order chi connectivity index (χ0) is 13.4. The fourth-order valence-electron chi connectivity index (χ4n) is 2.95. The maximum Gasteiger partial charge on any atom is 0.0636 e. The molecular weight excluding hydrogens is 304 g/mol. The summed E-state index contributed by atoms with van der Waals surface area (Å²) in [4.78, 5) is 3.55. The number of aryl methyl sites for hydroxylation is 1. The average Bonchev–Trinajstić information content (AvgIpc) is 2.75. The largest absolute Gasteiger partial charge is 0.392 e. The first-order valence-corrected chi connectivity index (χ1v) is 7.66. The summed E-state index contributed by atoms with van der Waals surface area (Å²) in [5.74, 6) is 0. The van der Waals surface area contributed by atoms with E-state index in [0.29, 0.717) is 12.6 Å². The highest BCUT2D eigenvalue weighted by atomic mass is 79.9. The van der Waals surface area contributed by atoms with E-state index in [1.807, 2.05) is 6.92 Å². The number of H-pyrrole nitrogens is 1. The van der Waals surface area contributed by atoms with Crippen LogP contribution in [0.15, 0.2) is 22.7 Å². The van der Waals surface area contributed by atoms with Crippen LogP contribution in [0.3, 0.4) is 0 Å². The molecule has 3 N–H and O–H groups in total. The van der Waals surface area contributed by atoms with Crippen LogP contribution in [0.2, 0.25) is 0 Å². The summed E-state index contributed by atoms with van der Waals surface area (Å²) in [6.07, 6.45) is 3.17. The molecule has 3 rings (SSSR count). The number of aromatic amines is 1. The highest BCUT2D eigenvalue weighted by Crippen LogP contribution is 2.35. The Morgan fingerprint density at radius 1 is 1.53 bits per heavy atom. The molecule has 2 aromatic rings. The minimum absolute atomic E-state index is 0.302. The molecule has 3 nitrogen and oxygen atoms in total. The summed E-state index contributed by atoms with van der Waals surface area (Å²) in [5.41, 5.74) is 3.95. The third-order valence-corrected chi connectivity index (χ3v) is 4.32. The van der Waals surface area contributed by atoms with Crippen LogP contribution in [-0.4, -0.2) is 22.7 Å². The van der Waals surface area contributed by atoms with Crippen LogP contribution in [0.1, 0.15) is 37.1 Å². The van der Waals surface area contributed by atoms with Gasteiger partial charge in [0.1, 0.15) is 0 Å².